The van der Waals surface area contributed by atoms with Gasteiger partial charge in [0, 0.05) is 12.3 Å². The predicted molar refractivity (Wildman–Crippen MR) is 184 cm³/mol. The van der Waals surface area contributed by atoms with Gasteiger partial charge in [0.25, 0.3) is 0 Å². The van der Waals surface area contributed by atoms with E-state index in [1.165, 1.54) is 7.11 Å². The van der Waals surface area contributed by atoms with E-state index < -0.39 is 48.9 Å². The second-order valence-electron chi connectivity index (χ2n) is 12.2. The molecule has 0 radical (unpaired) electrons. The van der Waals surface area contributed by atoms with E-state index in [-0.39, 0.29) is 50.2 Å². The number of amides is 5. The van der Waals surface area contributed by atoms with Crippen molar-refractivity contribution in [3.63, 3.8) is 0 Å². The van der Waals surface area contributed by atoms with Gasteiger partial charge in [-0.1, -0.05) is 78.9 Å². The second kappa shape index (κ2) is 17.8. The van der Waals surface area contributed by atoms with Crippen LogP contribution in [0.3, 0.4) is 0 Å². The summed E-state index contributed by atoms with van der Waals surface area (Å²) >= 11 is 0. The van der Waals surface area contributed by atoms with Crippen LogP contribution in [0.5, 0.6) is 0 Å². The van der Waals surface area contributed by atoms with Gasteiger partial charge in [0.2, 0.25) is 23.6 Å². The zero-order valence-electron chi connectivity index (χ0n) is 28.1. The maximum atomic E-state index is 13.0. The molecule has 3 aromatic rings. The number of carbonyl (C=O) groups excluding carboxylic acids is 6. The fourth-order valence-corrected chi connectivity index (χ4v) is 6.00. The molecule has 1 atom stereocenters. The van der Waals surface area contributed by atoms with Crippen LogP contribution in [0, 0.1) is 5.92 Å². The fourth-order valence-electron chi connectivity index (χ4n) is 6.00. The number of hydrogen-bond donors (Lipinski definition) is 5. The molecule has 1 saturated carbocycles. The van der Waals surface area contributed by atoms with Crippen molar-refractivity contribution in [2.24, 2.45) is 5.92 Å². The van der Waals surface area contributed by atoms with E-state index in [4.69, 9.17) is 14.2 Å². The number of methoxy groups -OCH3 is 1. The van der Waals surface area contributed by atoms with Crippen molar-refractivity contribution in [3.05, 3.63) is 95.6 Å². The van der Waals surface area contributed by atoms with Crippen molar-refractivity contribution >= 4 is 35.7 Å². The van der Waals surface area contributed by atoms with Gasteiger partial charge in [-0.2, -0.15) is 0 Å². The molecule has 0 aliphatic heterocycles. The first-order valence-electron chi connectivity index (χ1n) is 16.6. The van der Waals surface area contributed by atoms with Crippen LogP contribution >= 0.6 is 0 Å². The number of rotatable bonds is 16. The summed E-state index contributed by atoms with van der Waals surface area (Å²) in [5.74, 6) is -3.02. The minimum atomic E-state index is -1.05. The molecule has 14 nitrogen and oxygen atoms in total. The summed E-state index contributed by atoms with van der Waals surface area (Å²) in [6.07, 6.45) is 0.204. The Morgan fingerprint density at radius 3 is 1.96 bits per heavy atom. The fraction of sp³-hybridized carbons (Fsp3) is 0.351. The molecule has 1 fully saturated rings. The maximum Gasteiger partial charge on any atom is 0.407 e. The Morgan fingerprint density at radius 1 is 0.706 bits per heavy atom. The van der Waals surface area contributed by atoms with Crippen molar-refractivity contribution in [2.75, 3.05) is 40.1 Å². The number of benzene rings is 3. The molecule has 51 heavy (non-hydrogen) atoms. The summed E-state index contributed by atoms with van der Waals surface area (Å²) in [5, 5.41) is 12.5. The van der Waals surface area contributed by atoms with Gasteiger partial charge >= 0.3 is 12.1 Å². The topological polar surface area (TPSA) is 190 Å². The van der Waals surface area contributed by atoms with E-state index in [0.29, 0.717) is 12.8 Å². The number of esters is 1. The van der Waals surface area contributed by atoms with Crippen molar-refractivity contribution in [3.8, 4) is 11.1 Å². The molecule has 3 aromatic carbocycles. The molecule has 14 heteroatoms. The van der Waals surface area contributed by atoms with Gasteiger partial charge in [-0.25, -0.2) is 4.79 Å². The molecule has 0 spiro atoms. The van der Waals surface area contributed by atoms with Gasteiger partial charge in [0.05, 0.1) is 32.2 Å². The highest BCUT2D eigenvalue weighted by Gasteiger charge is 2.36. The predicted octanol–water partition coefficient (Wildman–Crippen LogP) is 1.53. The maximum absolute atomic E-state index is 13.0. The van der Waals surface area contributed by atoms with E-state index in [2.05, 4.69) is 26.6 Å². The third-order valence-electron chi connectivity index (χ3n) is 8.76. The number of hydrogen-bond acceptors (Lipinski definition) is 9. The van der Waals surface area contributed by atoms with Crippen molar-refractivity contribution in [2.45, 2.75) is 37.3 Å². The smallest absolute Gasteiger partial charge is 0.407 e. The van der Waals surface area contributed by atoms with E-state index in [1.54, 1.807) is 24.3 Å². The molecule has 0 bridgehead atoms. The highest BCUT2D eigenvalue weighted by Crippen LogP contribution is 2.44. The average Bonchev–Trinajstić information content (AvgIpc) is 3.45. The third kappa shape index (κ3) is 10.1. The highest BCUT2D eigenvalue weighted by molar-refractivity contribution is 5.92. The molecule has 2 aliphatic carbocycles. The Balaban J connectivity index is 1.02. The van der Waals surface area contributed by atoms with Crippen molar-refractivity contribution in [1.29, 1.82) is 0 Å². The molecule has 0 heterocycles. The molecule has 0 unspecified atom stereocenters. The van der Waals surface area contributed by atoms with Crippen molar-refractivity contribution < 1.29 is 43.0 Å². The van der Waals surface area contributed by atoms with Gasteiger partial charge in [-0.3, -0.25) is 24.0 Å². The number of ether oxygens (including phenoxy) is 3. The Bertz CT molecular complexity index is 1680. The van der Waals surface area contributed by atoms with E-state index in [9.17, 15) is 28.8 Å². The SMILES string of the molecule is COC(=O)C1CC(OCNC(=O)CNC(=O)[C@H](Cc2ccccc2)NC(=O)CNC(=O)CNC(=O)OCC2c3ccccc3-c3ccccc32)C1. The highest BCUT2D eigenvalue weighted by atomic mass is 16.5. The lowest BCUT2D eigenvalue weighted by Crippen LogP contribution is -2.52. The van der Waals surface area contributed by atoms with Crippen LogP contribution in [-0.2, 0) is 44.6 Å². The normalized spacial score (nSPS) is 16.3. The summed E-state index contributed by atoms with van der Waals surface area (Å²) in [5.41, 5.74) is 5.07. The van der Waals surface area contributed by atoms with Gasteiger partial charge in [-0.15, -0.1) is 0 Å². The number of alkyl carbamates (subject to hydrolysis) is 1. The zero-order chi connectivity index (χ0) is 36.2. The number of carbonyl (C=O) groups is 6. The largest absolute Gasteiger partial charge is 0.469 e. The molecule has 2 aliphatic rings. The molecule has 0 aromatic heterocycles. The summed E-state index contributed by atoms with van der Waals surface area (Å²) in [7, 11) is 1.33. The Morgan fingerprint density at radius 2 is 1.29 bits per heavy atom. The number of nitrogens with one attached hydrogen (secondary N) is 5. The molecule has 268 valence electrons. The quantitative estimate of drug-likeness (QED) is 0.109. The van der Waals surface area contributed by atoms with Crippen LogP contribution in [0.25, 0.3) is 11.1 Å². The van der Waals surface area contributed by atoms with E-state index >= 15 is 0 Å². The Labute approximate surface area is 295 Å². The molecular weight excluding hydrogens is 658 g/mol. The number of fused-ring (bicyclic) bond motifs is 3. The van der Waals surface area contributed by atoms with Gasteiger partial charge < -0.3 is 40.8 Å². The van der Waals surface area contributed by atoms with Gasteiger partial charge in [-0.05, 0) is 40.7 Å². The second-order valence-corrected chi connectivity index (χ2v) is 12.2. The minimum absolute atomic E-state index is 0.0868. The Hall–Kier alpha value is -5.76. The lowest BCUT2D eigenvalue weighted by molar-refractivity contribution is -0.155. The first kappa shape index (κ1) is 36.5. The molecule has 5 rings (SSSR count). The molecule has 5 amide bonds. The summed E-state index contributed by atoms with van der Waals surface area (Å²) in [6, 6.07) is 23.8. The summed E-state index contributed by atoms with van der Waals surface area (Å²) in [6.45, 7) is -1.25. The van der Waals surface area contributed by atoms with Crippen LogP contribution < -0.4 is 26.6 Å². The minimum Gasteiger partial charge on any atom is -0.469 e. The van der Waals surface area contributed by atoms with E-state index in [0.717, 1.165) is 27.8 Å². The lowest BCUT2D eigenvalue weighted by atomic mass is 9.82. The van der Waals surface area contributed by atoms with Gasteiger partial charge in [0.15, 0.2) is 0 Å². The molecular formula is C37H41N5O9. The van der Waals surface area contributed by atoms with Crippen molar-refractivity contribution in [1.82, 2.24) is 26.6 Å². The standard InChI is InChI=1S/C37H41N5O9/c1-49-36(47)24-16-25(17-24)51-22-41-33(44)18-39-35(46)31(15-23-9-3-2-4-10-23)42-34(45)20-38-32(43)19-40-37(48)50-21-30-28-13-7-5-11-26(28)27-12-6-8-14-29(27)30/h2-14,24-25,30-31H,15-22H2,1H3,(H,38,43)(H,39,46)(H,40,48)(H,41,44)(H,42,45)/t24?,25?,31-/m0/s1. The van der Waals surface area contributed by atoms with Crippen LogP contribution in [0.1, 0.15) is 35.4 Å². The first-order chi connectivity index (χ1) is 24.7. The molecule has 5 N–H and O–H groups in total. The van der Waals surface area contributed by atoms with Crippen LogP contribution in [0.15, 0.2) is 78.9 Å². The summed E-state index contributed by atoms with van der Waals surface area (Å²) < 4.78 is 15.7. The van der Waals surface area contributed by atoms with E-state index in [1.807, 2.05) is 54.6 Å². The zero-order valence-corrected chi connectivity index (χ0v) is 28.1. The Kier molecular flexibility index (Phi) is 12.7. The first-order valence-corrected chi connectivity index (χ1v) is 16.6. The third-order valence-corrected chi connectivity index (χ3v) is 8.76. The van der Waals surface area contributed by atoms with Crippen LogP contribution in [-0.4, -0.2) is 87.9 Å². The van der Waals surface area contributed by atoms with Crippen LogP contribution in [0.2, 0.25) is 0 Å². The molecule has 0 saturated heterocycles. The van der Waals surface area contributed by atoms with Gasteiger partial charge in [0.1, 0.15) is 25.9 Å². The monoisotopic (exact) mass is 699 g/mol. The average molecular weight is 700 g/mol. The summed E-state index contributed by atoms with van der Waals surface area (Å²) in [4.78, 5) is 74.4. The lowest BCUT2D eigenvalue weighted by Gasteiger charge is -2.32. The van der Waals surface area contributed by atoms with Crippen LogP contribution in [0.4, 0.5) is 4.79 Å².